The predicted molar refractivity (Wildman–Crippen MR) is 109 cm³/mol. The smallest absolute Gasteiger partial charge is 0.253 e. The third kappa shape index (κ3) is 5.21. The summed E-state index contributed by atoms with van der Waals surface area (Å²) in [6.07, 6.45) is 0. The van der Waals surface area contributed by atoms with Crippen molar-refractivity contribution in [1.29, 1.82) is 0 Å². The molecule has 1 atom stereocenters. The standard InChI is InChI=1S/C21H20ClFN4O3/c1-12(2)18(26-20(28)15-8-3-4-9-16(15)22)21(29)24-11-17-25-19(27-30-17)13-6-5-7-14(23)10-13/h3-10,12,18H,11H2,1-2H3,(H,24,29)(H,26,28)/t18-/m0/s1. The molecule has 9 heteroatoms. The molecule has 0 aliphatic heterocycles. The maximum Gasteiger partial charge on any atom is 0.253 e. The molecule has 0 fully saturated rings. The van der Waals surface area contributed by atoms with Gasteiger partial charge in [0.15, 0.2) is 0 Å². The van der Waals surface area contributed by atoms with Crippen LogP contribution < -0.4 is 10.6 Å². The van der Waals surface area contributed by atoms with Crippen molar-refractivity contribution in [3.8, 4) is 11.4 Å². The fourth-order valence-electron chi connectivity index (χ4n) is 2.74. The number of rotatable bonds is 7. The number of aromatic nitrogens is 2. The number of benzene rings is 2. The lowest BCUT2D eigenvalue weighted by Crippen LogP contribution is -2.49. The molecule has 0 spiro atoms. The van der Waals surface area contributed by atoms with Crippen LogP contribution in [0.2, 0.25) is 5.02 Å². The molecule has 0 saturated carbocycles. The average molecular weight is 431 g/mol. The summed E-state index contributed by atoms with van der Waals surface area (Å²) >= 11 is 6.05. The number of hydrogen-bond acceptors (Lipinski definition) is 5. The van der Waals surface area contributed by atoms with Gasteiger partial charge >= 0.3 is 0 Å². The van der Waals surface area contributed by atoms with Crippen LogP contribution in [0.1, 0.15) is 30.1 Å². The molecule has 2 amide bonds. The summed E-state index contributed by atoms with van der Waals surface area (Å²) in [5, 5.41) is 9.47. The first kappa shape index (κ1) is 21.4. The lowest BCUT2D eigenvalue weighted by molar-refractivity contribution is -0.124. The van der Waals surface area contributed by atoms with E-state index in [-0.39, 0.29) is 29.7 Å². The van der Waals surface area contributed by atoms with Gasteiger partial charge in [0.1, 0.15) is 11.9 Å². The van der Waals surface area contributed by atoms with Crippen molar-refractivity contribution in [2.24, 2.45) is 5.92 Å². The van der Waals surface area contributed by atoms with E-state index in [1.165, 1.54) is 18.2 Å². The van der Waals surface area contributed by atoms with Crippen LogP contribution in [0.5, 0.6) is 0 Å². The molecule has 0 radical (unpaired) electrons. The van der Waals surface area contributed by atoms with Gasteiger partial charge in [-0.1, -0.05) is 54.9 Å². The Morgan fingerprint density at radius 3 is 2.63 bits per heavy atom. The largest absolute Gasteiger partial charge is 0.345 e. The minimum atomic E-state index is -0.792. The molecule has 1 aromatic heterocycles. The Hall–Kier alpha value is -3.26. The highest BCUT2D eigenvalue weighted by Gasteiger charge is 2.25. The van der Waals surface area contributed by atoms with Crippen molar-refractivity contribution < 1.29 is 18.5 Å². The van der Waals surface area contributed by atoms with Gasteiger partial charge in [-0.3, -0.25) is 9.59 Å². The van der Waals surface area contributed by atoms with Gasteiger partial charge in [0.2, 0.25) is 17.6 Å². The first-order chi connectivity index (χ1) is 14.3. The molecule has 2 N–H and O–H groups in total. The van der Waals surface area contributed by atoms with E-state index < -0.39 is 23.7 Å². The highest BCUT2D eigenvalue weighted by molar-refractivity contribution is 6.33. The number of carbonyl (C=O) groups is 2. The van der Waals surface area contributed by atoms with Crippen LogP contribution in [-0.4, -0.2) is 28.0 Å². The molecule has 0 aliphatic carbocycles. The van der Waals surface area contributed by atoms with Crippen LogP contribution in [-0.2, 0) is 11.3 Å². The average Bonchev–Trinajstić information content (AvgIpc) is 3.19. The fourth-order valence-corrected chi connectivity index (χ4v) is 2.97. The first-order valence-corrected chi connectivity index (χ1v) is 9.64. The zero-order valence-corrected chi connectivity index (χ0v) is 17.1. The van der Waals surface area contributed by atoms with Crippen LogP contribution in [0.3, 0.4) is 0 Å². The Bertz CT molecular complexity index is 1050. The van der Waals surface area contributed by atoms with Gasteiger partial charge in [0.05, 0.1) is 17.1 Å². The fraction of sp³-hybridized carbons (Fsp3) is 0.238. The van der Waals surface area contributed by atoms with Gasteiger partial charge in [-0.05, 0) is 30.2 Å². The van der Waals surface area contributed by atoms with Crippen molar-refractivity contribution >= 4 is 23.4 Å². The van der Waals surface area contributed by atoms with Crippen LogP contribution >= 0.6 is 11.6 Å². The third-order valence-electron chi connectivity index (χ3n) is 4.32. The Morgan fingerprint density at radius 2 is 1.93 bits per heavy atom. The van der Waals surface area contributed by atoms with Gasteiger partial charge in [-0.2, -0.15) is 4.98 Å². The van der Waals surface area contributed by atoms with E-state index in [9.17, 15) is 14.0 Å². The number of amides is 2. The van der Waals surface area contributed by atoms with E-state index in [1.807, 2.05) is 13.8 Å². The summed E-state index contributed by atoms with van der Waals surface area (Å²) in [6, 6.07) is 11.6. The summed E-state index contributed by atoms with van der Waals surface area (Å²) in [7, 11) is 0. The van der Waals surface area contributed by atoms with Crippen LogP contribution in [0.15, 0.2) is 53.1 Å². The van der Waals surface area contributed by atoms with Gasteiger partial charge in [0, 0.05) is 5.56 Å². The summed E-state index contributed by atoms with van der Waals surface area (Å²) in [6.45, 7) is 3.59. The molecular formula is C21H20ClFN4O3. The minimum Gasteiger partial charge on any atom is -0.345 e. The molecule has 2 aromatic carbocycles. The van der Waals surface area contributed by atoms with E-state index in [2.05, 4.69) is 20.8 Å². The molecule has 0 unspecified atom stereocenters. The van der Waals surface area contributed by atoms with Crippen molar-refractivity contribution in [2.75, 3.05) is 0 Å². The zero-order valence-electron chi connectivity index (χ0n) is 16.4. The summed E-state index contributed by atoms with van der Waals surface area (Å²) in [4.78, 5) is 29.3. The van der Waals surface area contributed by atoms with Crippen molar-refractivity contribution in [2.45, 2.75) is 26.4 Å². The summed E-state index contributed by atoms with van der Waals surface area (Å²) in [5.74, 6) is -1.08. The predicted octanol–water partition coefficient (Wildman–Crippen LogP) is 3.60. The Balaban J connectivity index is 1.63. The lowest BCUT2D eigenvalue weighted by Gasteiger charge is -2.21. The maximum atomic E-state index is 13.3. The highest BCUT2D eigenvalue weighted by Crippen LogP contribution is 2.17. The normalized spacial score (nSPS) is 11.9. The lowest BCUT2D eigenvalue weighted by atomic mass is 10.0. The quantitative estimate of drug-likeness (QED) is 0.597. The molecule has 3 aromatic rings. The molecule has 30 heavy (non-hydrogen) atoms. The van der Waals surface area contributed by atoms with Gasteiger partial charge in [-0.25, -0.2) is 4.39 Å². The summed E-state index contributed by atoms with van der Waals surface area (Å²) < 4.78 is 18.5. The van der Waals surface area contributed by atoms with E-state index in [0.717, 1.165) is 0 Å². The molecule has 1 heterocycles. The third-order valence-corrected chi connectivity index (χ3v) is 4.65. The zero-order chi connectivity index (χ0) is 21.7. The molecule has 0 aliphatic rings. The van der Waals surface area contributed by atoms with E-state index in [1.54, 1.807) is 30.3 Å². The second-order valence-electron chi connectivity index (χ2n) is 6.91. The summed E-state index contributed by atoms with van der Waals surface area (Å²) in [5.41, 5.74) is 0.748. The Kier molecular flexibility index (Phi) is 6.79. The number of hydrogen-bond donors (Lipinski definition) is 2. The van der Waals surface area contributed by atoms with Crippen molar-refractivity contribution in [1.82, 2.24) is 20.8 Å². The molecule has 156 valence electrons. The number of nitrogens with one attached hydrogen (secondary N) is 2. The van der Waals surface area contributed by atoms with Crippen molar-refractivity contribution in [3.63, 3.8) is 0 Å². The molecule has 0 bridgehead atoms. The van der Waals surface area contributed by atoms with Crippen LogP contribution in [0.25, 0.3) is 11.4 Å². The molecule has 3 rings (SSSR count). The maximum absolute atomic E-state index is 13.3. The Labute approximate surface area is 177 Å². The van der Waals surface area contributed by atoms with Crippen molar-refractivity contribution in [3.05, 3.63) is 70.8 Å². The SMILES string of the molecule is CC(C)[C@H](NC(=O)c1ccccc1Cl)C(=O)NCc1nc(-c2cccc(F)c2)no1. The van der Waals surface area contributed by atoms with Gasteiger partial charge in [0.25, 0.3) is 5.91 Å². The first-order valence-electron chi connectivity index (χ1n) is 9.26. The topological polar surface area (TPSA) is 97.1 Å². The monoisotopic (exact) mass is 430 g/mol. The number of halogens is 2. The van der Waals surface area contributed by atoms with E-state index >= 15 is 0 Å². The number of carbonyl (C=O) groups excluding carboxylic acids is 2. The number of nitrogens with zero attached hydrogens (tertiary/aromatic N) is 2. The molecule has 0 saturated heterocycles. The van der Waals surface area contributed by atoms with E-state index in [4.69, 9.17) is 16.1 Å². The minimum absolute atomic E-state index is 0.0354. The van der Waals surface area contributed by atoms with Gasteiger partial charge < -0.3 is 15.2 Å². The Morgan fingerprint density at radius 1 is 1.17 bits per heavy atom. The highest BCUT2D eigenvalue weighted by atomic mass is 35.5. The molecular weight excluding hydrogens is 411 g/mol. The van der Waals surface area contributed by atoms with E-state index in [0.29, 0.717) is 10.6 Å². The van der Waals surface area contributed by atoms with Crippen LogP contribution in [0, 0.1) is 11.7 Å². The van der Waals surface area contributed by atoms with Crippen LogP contribution in [0.4, 0.5) is 4.39 Å². The molecule has 7 nitrogen and oxygen atoms in total. The second-order valence-corrected chi connectivity index (χ2v) is 7.32. The second kappa shape index (κ2) is 9.49. The van der Waals surface area contributed by atoms with Gasteiger partial charge in [-0.15, -0.1) is 0 Å².